The Morgan fingerprint density at radius 2 is 1.43 bits per heavy atom. The first-order chi connectivity index (χ1) is 13.2. The van der Waals surface area contributed by atoms with Crippen LogP contribution in [0.3, 0.4) is 0 Å². The third kappa shape index (κ3) is 8.60. The van der Waals surface area contributed by atoms with Gasteiger partial charge in [-0.15, -0.1) is 0 Å². The lowest BCUT2D eigenvalue weighted by molar-refractivity contribution is -0.102. The molecule has 0 heterocycles. The van der Waals surface area contributed by atoms with Crippen molar-refractivity contribution in [3.05, 3.63) is 34.9 Å². The summed E-state index contributed by atoms with van der Waals surface area (Å²) in [4.78, 5) is 18.1. The van der Waals surface area contributed by atoms with E-state index in [0.717, 1.165) is 16.7 Å². The largest absolute Gasteiger partial charge is 0.381 e. The van der Waals surface area contributed by atoms with Crippen LogP contribution in [-0.4, -0.2) is 18.5 Å². The second kappa shape index (κ2) is 13.2. The van der Waals surface area contributed by atoms with E-state index in [2.05, 4.69) is 22.1 Å². The molecule has 0 amide bonds. The maximum absolute atomic E-state index is 10.4. The van der Waals surface area contributed by atoms with Crippen LogP contribution in [0.25, 0.3) is 0 Å². The summed E-state index contributed by atoms with van der Waals surface area (Å²) in [5, 5.41) is 18.8. The number of aldehydes is 1. The molecule has 0 aliphatic rings. The van der Waals surface area contributed by atoms with Gasteiger partial charge in [0.1, 0.15) is 6.34 Å². The first-order valence-electron chi connectivity index (χ1n) is 9.40. The van der Waals surface area contributed by atoms with Gasteiger partial charge in [0.05, 0.1) is 29.5 Å². The summed E-state index contributed by atoms with van der Waals surface area (Å²) in [6, 6.07) is 10.2. The molecule has 0 aliphatic carbocycles. The average Bonchev–Trinajstić information content (AvgIpc) is 2.73. The van der Waals surface area contributed by atoms with Gasteiger partial charge >= 0.3 is 0 Å². The summed E-state index contributed by atoms with van der Waals surface area (Å²) in [5.41, 5.74) is 6.41. The highest BCUT2D eigenvalue weighted by Crippen LogP contribution is 2.30. The molecule has 0 saturated carbocycles. The van der Waals surface area contributed by atoms with Gasteiger partial charge in [-0.3, -0.25) is 9.79 Å². The summed E-state index contributed by atoms with van der Waals surface area (Å²) < 4.78 is 0. The third-order valence-corrected chi connectivity index (χ3v) is 3.68. The van der Waals surface area contributed by atoms with E-state index in [1.54, 1.807) is 0 Å². The van der Waals surface area contributed by atoms with Gasteiger partial charge in [-0.25, -0.2) is 4.99 Å². The zero-order valence-electron chi connectivity index (χ0n) is 18.4. The van der Waals surface area contributed by atoms with E-state index in [4.69, 9.17) is 5.73 Å². The fourth-order valence-corrected chi connectivity index (χ4v) is 1.92. The molecule has 2 N–H and O–H groups in total. The van der Waals surface area contributed by atoms with Crippen LogP contribution in [-0.2, 0) is 22.2 Å². The molecule has 0 atom stereocenters. The van der Waals surface area contributed by atoms with Gasteiger partial charge in [0.2, 0.25) is 0 Å². The van der Waals surface area contributed by atoms with Crippen LogP contribution < -0.4 is 5.73 Å². The number of amidine groups is 1. The minimum absolute atomic E-state index is 0.149. The highest BCUT2D eigenvalue weighted by molar-refractivity contribution is 6.27. The van der Waals surface area contributed by atoms with Gasteiger partial charge in [-0.1, -0.05) is 45.9 Å². The Bertz CT molecular complexity index is 718. The number of nitrogens with zero attached hydrogens (tertiary/aromatic N) is 4. The van der Waals surface area contributed by atoms with Crippen molar-refractivity contribution < 1.29 is 4.79 Å². The van der Waals surface area contributed by atoms with Crippen molar-refractivity contribution in [1.29, 1.82) is 10.5 Å². The van der Waals surface area contributed by atoms with Gasteiger partial charge in [-0.05, 0) is 44.4 Å². The summed E-state index contributed by atoms with van der Waals surface area (Å²) >= 11 is 0. The maximum atomic E-state index is 10.4. The van der Waals surface area contributed by atoms with E-state index >= 15 is 0 Å². The summed E-state index contributed by atoms with van der Waals surface area (Å²) in [5.74, 6) is -0.149. The fourth-order valence-electron chi connectivity index (χ4n) is 1.92. The third-order valence-electron chi connectivity index (χ3n) is 3.68. The number of benzene rings is 1. The lowest BCUT2D eigenvalue weighted by Crippen LogP contribution is -2.19. The zero-order chi connectivity index (χ0) is 22.4. The quantitative estimate of drug-likeness (QED) is 0.444. The van der Waals surface area contributed by atoms with Crippen molar-refractivity contribution >= 4 is 18.5 Å². The van der Waals surface area contributed by atoms with E-state index in [1.165, 1.54) is 6.34 Å². The summed E-state index contributed by atoms with van der Waals surface area (Å²) in [7, 11) is 0. The highest BCUT2D eigenvalue weighted by Gasteiger charge is 2.26. The first-order valence-corrected chi connectivity index (χ1v) is 9.40. The predicted octanol–water partition coefficient (Wildman–Crippen LogP) is 4.43. The average molecular weight is 384 g/mol. The molecule has 0 aromatic heterocycles. The van der Waals surface area contributed by atoms with Crippen LogP contribution in [0.15, 0.2) is 28.2 Å². The maximum Gasteiger partial charge on any atom is 0.184 e. The molecule has 1 aromatic rings. The van der Waals surface area contributed by atoms with Crippen LogP contribution in [0.2, 0.25) is 0 Å². The molecule has 6 heteroatoms. The SMILES string of the molecule is CC.CC.CC(C)(C#N)c1cc(CN=CN=C(N)C=O)cc(C(C)(C)C#N)c1. The Morgan fingerprint density at radius 1 is 1.00 bits per heavy atom. The Morgan fingerprint density at radius 3 is 1.79 bits per heavy atom. The number of rotatable bonds is 6. The molecular weight excluding hydrogens is 350 g/mol. The Balaban J connectivity index is 0. The molecule has 1 aromatic carbocycles. The predicted molar refractivity (Wildman–Crippen MR) is 116 cm³/mol. The second-order valence-electron chi connectivity index (χ2n) is 6.52. The topological polar surface area (TPSA) is 115 Å². The molecule has 0 saturated heterocycles. The number of carbonyl (C=O) groups is 1. The van der Waals surface area contributed by atoms with Gasteiger partial charge in [0.25, 0.3) is 0 Å². The van der Waals surface area contributed by atoms with Gasteiger partial charge in [-0.2, -0.15) is 10.5 Å². The molecule has 0 unspecified atom stereocenters. The number of aliphatic imine (C=N–C) groups is 2. The second-order valence-corrected chi connectivity index (χ2v) is 6.52. The van der Waals surface area contributed by atoms with Crippen LogP contribution in [0, 0.1) is 22.7 Å². The van der Waals surface area contributed by atoms with E-state index in [1.807, 2.05) is 73.6 Å². The molecule has 28 heavy (non-hydrogen) atoms. The fraction of sp³-hybridized carbons (Fsp3) is 0.500. The molecule has 0 aliphatic heterocycles. The lowest BCUT2D eigenvalue weighted by atomic mass is 9.79. The van der Waals surface area contributed by atoms with Gasteiger partial charge < -0.3 is 5.73 Å². The number of carbonyl (C=O) groups excluding carboxylic acids is 1. The molecule has 6 nitrogen and oxygen atoms in total. The van der Waals surface area contributed by atoms with Crippen molar-refractivity contribution in [2.75, 3.05) is 0 Å². The standard InChI is InChI=1S/C18H21N5O.2C2H6/c1-17(2,10-19)14-5-13(8-22-12-23-16(21)9-24)6-15(7-14)18(3,4)11-20;2*1-2/h5-7,9,12H,8H2,1-4H3,(H2,21,22,23);2*1-2H3. The number of hydrogen-bond acceptors (Lipinski definition) is 4. The molecule has 152 valence electrons. The van der Waals surface area contributed by atoms with Crippen LogP contribution in [0.5, 0.6) is 0 Å². The van der Waals surface area contributed by atoms with E-state index in [9.17, 15) is 15.3 Å². The van der Waals surface area contributed by atoms with Crippen LogP contribution in [0.1, 0.15) is 72.1 Å². The van der Waals surface area contributed by atoms with Gasteiger partial charge in [0.15, 0.2) is 12.1 Å². The number of nitriles is 2. The van der Waals surface area contributed by atoms with Crippen LogP contribution >= 0.6 is 0 Å². The highest BCUT2D eigenvalue weighted by atomic mass is 16.1. The van der Waals surface area contributed by atoms with E-state index in [0.29, 0.717) is 12.8 Å². The molecule has 0 spiro atoms. The number of nitrogens with two attached hydrogens (primary N) is 1. The van der Waals surface area contributed by atoms with Crippen molar-refractivity contribution in [3.63, 3.8) is 0 Å². The van der Waals surface area contributed by atoms with E-state index in [-0.39, 0.29) is 5.84 Å². The zero-order valence-corrected chi connectivity index (χ0v) is 18.4. The van der Waals surface area contributed by atoms with E-state index < -0.39 is 10.8 Å². The minimum atomic E-state index is -0.680. The van der Waals surface area contributed by atoms with Crippen molar-refractivity contribution in [2.45, 2.75) is 72.8 Å². The Hall–Kier alpha value is -2.99. The molecular formula is C22H33N5O. The molecule has 0 radical (unpaired) electrons. The monoisotopic (exact) mass is 383 g/mol. The molecule has 0 fully saturated rings. The summed E-state index contributed by atoms with van der Waals surface area (Å²) in [6.45, 7) is 15.6. The normalized spacial score (nSPS) is 11.3. The Kier molecular flexibility index (Phi) is 12.9. The Labute approximate surface area is 169 Å². The molecule has 1 rings (SSSR count). The summed E-state index contributed by atoms with van der Waals surface area (Å²) in [6.07, 6.45) is 1.66. The van der Waals surface area contributed by atoms with Crippen molar-refractivity contribution in [2.24, 2.45) is 15.7 Å². The minimum Gasteiger partial charge on any atom is -0.381 e. The van der Waals surface area contributed by atoms with Gasteiger partial charge in [0, 0.05) is 0 Å². The number of hydrogen-bond donors (Lipinski definition) is 1. The van der Waals surface area contributed by atoms with Crippen LogP contribution in [0.4, 0.5) is 0 Å². The lowest BCUT2D eigenvalue weighted by Gasteiger charge is -2.22. The molecule has 0 bridgehead atoms. The van der Waals surface area contributed by atoms with Crippen molar-refractivity contribution in [3.8, 4) is 12.1 Å². The first kappa shape index (κ1) is 27.2. The van der Waals surface area contributed by atoms with Crippen molar-refractivity contribution in [1.82, 2.24) is 0 Å². The smallest absolute Gasteiger partial charge is 0.184 e.